The molecule has 1 aliphatic heterocycles. The molecule has 0 radical (unpaired) electrons. The first-order valence-corrected chi connectivity index (χ1v) is 7.42. The molecule has 1 N–H and O–H groups in total. The number of aryl methyl sites for hydroxylation is 2. The highest BCUT2D eigenvalue weighted by atomic mass is 32.2. The van der Waals surface area contributed by atoms with E-state index in [4.69, 9.17) is 0 Å². The van der Waals surface area contributed by atoms with Crippen LogP contribution in [0.5, 0.6) is 0 Å². The molecule has 2 rings (SSSR count). The molecule has 0 bridgehead atoms. The third kappa shape index (κ3) is 3.20. The summed E-state index contributed by atoms with van der Waals surface area (Å²) in [6.07, 6.45) is 0. The molecular weight excluding hydrogens is 236 g/mol. The molecule has 0 atom stereocenters. The van der Waals surface area contributed by atoms with Crippen molar-refractivity contribution in [2.45, 2.75) is 13.8 Å². The maximum Gasteiger partial charge on any atom is 0.213 e. The maximum atomic E-state index is 11.4. The summed E-state index contributed by atoms with van der Waals surface area (Å²) in [5.74, 6) is 0.167. The number of hydrogen-bond donors (Lipinski definition) is 1. The van der Waals surface area contributed by atoms with Crippen LogP contribution in [0.2, 0.25) is 0 Å². The SMILES string of the molecule is Cc1cc(C)cc(N2CCNS(=O)(=O)CC2)c1. The Morgan fingerprint density at radius 1 is 1.12 bits per heavy atom. The first kappa shape index (κ1) is 12.4. The Morgan fingerprint density at radius 3 is 2.41 bits per heavy atom. The van der Waals surface area contributed by atoms with Gasteiger partial charge >= 0.3 is 0 Å². The molecule has 0 aromatic heterocycles. The normalized spacial score (nSPS) is 20.0. The van der Waals surface area contributed by atoms with Gasteiger partial charge in [0, 0.05) is 25.3 Å². The van der Waals surface area contributed by atoms with Crippen molar-refractivity contribution in [2.24, 2.45) is 0 Å². The van der Waals surface area contributed by atoms with Gasteiger partial charge < -0.3 is 4.90 Å². The van der Waals surface area contributed by atoms with Crippen LogP contribution >= 0.6 is 0 Å². The molecule has 0 aliphatic carbocycles. The van der Waals surface area contributed by atoms with E-state index in [1.807, 2.05) is 0 Å². The molecule has 1 aliphatic rings. The van der Waals surface area contributed by atoms with E-state index in [0.717, 1.165) is 12.2 Å². The molecule has 0 unspecified atom stereocenters. The van der Waals surface area contributed by atoms with E-state index >= 15 is 0 Å². The Balaban J connectivity index is 2.22. The van der Waals surface area contributed by atoms with Gasteiger partial charge in [-0.25, -0.2) is 13.1 Å². The van der Waals surface area contributed by atoms with Crippen molar-refractivity contribution in [1.29, 1.82) is 0 Å². The molecule has 0 spiro atoms. The molecular formula is C12H18N2O2S. The van der Waals surface area contributed by atoms with Crippen LogP contribution in [0.25, 0.3) is 0 Å². The molecule has 5 heteroatoms. The van der Waals surface area contributed by atoms with Gasteiger partial charge in [0.15, 0.2) is 0 Å². The van der Waals surface area contributed by atoms with Gasteiger partial charge in [0.1, 0.15) is 0 Å². The largest absolute Gasteiger partial charge is 0.369 e. The van der Waals surface area contributed by atoms with E-state index in [-0.39, 0.29) is 5.75 Å². The molecule has 1 fully saturated rings. The average molecular weight is 254 g/mol. The number of benzene rings is 1. The molecule has 1 aromatic rings. The zero-order valence-corrected chi connectivity index (χ0v) is 11.0. The number of nitrogens with one attached hydrogen (secondary N) is 1. The van der Waals surface area contributed by atoms with E-state index in [1.54, 1.807) is 0 Å². The summed E-state index contributed by atoms with van der Waals surface area (Å²) in [7, 11) is -3.07. The molecule has 1 heterocycles. The summed E-state index contributed by atoms with van der Waals surface area (Å²) in [4.78, 5) is 2.12. The monoisotopic (exact) mass is 254 g/mol. The van der Waals surface area contributed by atoms with Crippen LogP contribution in [-0.2, 0) is 10.0 Å². The van der Waals surface area contributed by atoms with E-state index in [9.17, 15) is 8.42 Å². The van der Waals surface area contributed by atoms with E-state index in [0.29, 0.717) is 13.1 Å². The van der Waals surface area contributed by atoms with Crippen LogP contribution < -0.4 is 9.62 Å². The fourth-order valence-corrected chi connectivity index (χ4v) is 3.15. The van der Waals surface area contributed by atoms with Crippen molar-refractivity contribution in [2.75, 3.05) is 30.3 Å². The highest BCUT2D eigenvalue weighted by molar-refractivity contribution is 7.89. The van der Waals surface area contributed by atoms with Gasteiger partial charge in [-0.1, -0.05) is 6.07 Å². The molecule has 1 saturated heterocycles. The predicted octanol–water partition coefficient (Wildman–Crippen LogP) is 1.04. The lowest BCUT2D eigenvalue weighted by molar-refractivity contribution is 0.586. The second-order valence-electron chi connectivity index (χ2n) is 4.55. The van der Waals surface area contributed by atoms with Gasteiger partial charge in [0.2, 0.25) is 10.0 Å². The maximum absolute atomic E-state index is 11.4. The minimum Gasteiger partial charge on any atom is -0.369 e. The first-order chi connectivity index (χ1) is 7.96. The van der Waals surface area contributed by atoms with Crippen LogP contribution in [0.4, 0.5) is 5.69 Å². The van der Waals surface area contributed by atoms with Crippen molar-refractivity contribution in [3.8, 4) is 0 Å². The number of anilines is 1. The minimum atomic E-state index is -3.07. The van der Waals surface area contributed by atoms with Crippen molar-refractivity contribution < 1.29 is 8.42 Å². The number of nitrogens with zero attached hydrogens (tertiary/aromatic N) is 1. The van der Waals surface area contributed by atoms with Crippen molar-refractivity contribution in [3.05, 3.63) is 29.3 Å². The highest BCUT2D eigenvalue weighted by Crippen LogP contribution is 2.19. The summed E-state index contributed by atoms with van der Waals surface area (Å²) < 4.78 is 25.5. The second-order valence-corrected chi connectivity index (χ2v) is 6.47. The van der Waals surface area contributed by atoms with E-state index in [1.165, 1.54) is 11.1 Å². The molecule has 0 saturated carbocycles. The molecule has 0 amide bonds. The lowest BCUT2D eigenvalue weighted by atomic mass is 10.1. The van der Waals surface area contributed by atoms with Gasteiger partial charge in [0.05, 0.1) is 5.75 Å². The topological polar surface area (TPSA) is 49.4 Å². The summed E-state index contributed by atoms with van der Waals surface area (Å²) in [6.45, 7) is 5.88. The van der Waals surface area contributed by atoms with Crippen LogP contribution in [0.15, 0.2) is 18.2 Å². The lowest BCUT2D eigenvalue weighted by Crippen LogP contribution is -2.28. The summed E-state index contributed by atoms with van der Waals surface area (Å²) >= 11 is 0. The van der Waals surface area contributed by atoms with E-state index < -0.39 is 10.0 Å². The number of sulfonamides is 1. The Kier molecular flexibility index (Phi) is 3.40. The van der Waals surface area contributed by atoms with Gasteiger partial charge in [0.25, 0.3) is 0 Å². The Bertz CT molecular complexity index is 491. The minimum absolute atomic E-state index is 0.167. The van der Waals surface area contributed by atoms with Crippen LogP contribution in [0.1, 0.15) is 11.1 Å². The third-order valence-corrected chi connectivity index (χ3v) is 4.27. The van der Waals surface area contributed by atoms with Gasteiger partial charge in [-0.05, 0) is 37.1 Å². The fourth-order valence-electron chi connectivity index (χ4n) is 2.14. The second kappa shape index (κ2) is 4.66. The molecule has 94 valence electrons. The van der Waals surface area contributed by atoms with Crippen molar-refractivity contribution >= 4 is 15.7 Å². The Hall–Kier alpha value is -1.07. The van der Waals surface area contributed by atoms with Gasteiger partial charge in [-0.2, -0.15) is 0 Å². The highest BCUT2D eigenvalue weighted by Gasteiger charge is 2.18. The predicted molar refractivity (Wildman–Crippen MR) is 69.9 cm³/mol. The van der Waals surface area contributed by atoms with Crippen molar-refractivity contribution in [1.82, 2.24) is 4.72 Å². The Morgan fingerprint density at radius 2 is 1.76 bits per heavy atom. The van der Waals surface area contributed by atoms with Crippen LogP contribution in [-0.4, -0.2) is 33.8 Å². The van der Waals surface area contributed by atoms with Gasteiger partial charge in [-0.15, -0.1) is 0 Å². The van der Waals surface area contributed by atoms with Crippen LogP contribution in [0, 0.1) is 13.8 Å². The summed E-state index contributed by atoms with van der Waals surface area (Å²) in [6, 6.07) is 6.33. The average Bonchev–Trinajstić information content (AvgIpc) is 2.38. The Labute approximate surface area is 103 Å². The number of rotatable bonds is 1. The molecule has 4 nitrogen and oxygen atoms in total. The smallest absolute Gasteiger partial charge is 0.213 e. The molecule has 1 aromatic carbocycles. The van der Waals surface area contributed by atoms with Crippen molar-refractivity contribution in [3.63, 3.8) is 0 Å². The van der Waals surface area contributed by atoms with E-state index in [2.05, 4.69) is 41.7 Å². The standard InChI is InChI=1S/C12H18N2O2S/c1-10-7-11(2)9-12(8-10)14-4-3-13-17(15,16)6-5-14/h7-9,13H,3-6H2,1-2H3. The third-order valence-electron chi connectivity index (χ3n) is 2.91. The molecule has 17 heavy (non-hydrogen) atoms. The van der Waals surface area contributed by atoms with Gasteiger partial charge in [-0.3, -0.25) is 0 Å². The summed E-state index contributed by atoms with van der Waals surface area (Å²) in [5, 5.41) is 0. The fraction of sp³-hybridized carbons (Fsp3) is 0.500. The quantitative estimate of drug-likeness (QED) is 0.815. The first-order valence-electron chi connectivity index (χ1n) is 5.77. The lowest BCUT2D eigenvalue weighted by Gasteiger charge is -2.22. The summed E-state index contributed by atoms with van der Waals surface area (Å²) in [5.41, 5.74) is 3.53. The zero-order valence-electron chi connectivity index (χ0n) is 10.2. The number of hydrogen-bond acceptors (Lipinski definition) is 3. The zero-order chi connectivity index (χ0) is 12.5. The van der Waals surface area contributed by atoms with Crippen LogP contribution in [0.3, 0.4) is 0 Å².